The quantitative estimate of drug-likeness (QED) is 0.630. The van der Waals surface area contributed by atoms with E-state index in [9.17, 15) is 19.5 Å². The second kappa shape index (κ2) is 8.67. The van der Waals surface area contributed by atoms with Crippen molar-refractivity contribution in [1.82, 2.24) is 10.2 Å². The van der Waals surface area contributed by atoms with Crippen molar-refractivity contribution in [3.63, 3.8) is 0 Å². The highest BCUT2D eigenvalue weighted by atomic mass is 16.5. The summed E-state index contributed by atoms with van der Waals surface area (Å²) in [5.41, 5.74) is 1.15. The summed E-state index contributed by atoms with van der Waals surface area (Å²) in [6, 6.07) is 18.2. The Labute approximate surface area is 191 Å². The van der Waals surface area contributed by atoms with E-state index in [1.54, 1.807) is 36.4 Å². The Kier molecular flexibility index (Phi) is 5.56. The maximum atomic E-state index is 13.5. The number of phenols is 1. The summed E-state index contributed by atoms with van der Waals surface area (Å²) in [6.07, 6.45) is 0.508. The number of hydrogen-bond donors (Lipinski definition) is 2. The SMILES string of the molecule is O=C(NC(Cc1cccc(O)c1)C(=O)N1CCC2OCC(=O)C21)c1ccc2ccccc2c1. The predicted molar refractivity (Wildman–Crippen MR) is 122 cm³/mol. The molecule has 2 fully saturated rings. The Morgan fingerprint density at radius 2 is 1.88 bits per heavy atom. The number of carbonyl (C=O) groups excluding carboxylic acids is 3. The zero-order valence-electron chi connectivity index (χ0n) is 17.9. The normalized spacial score (nSPS) is 20.6. The fourth-order valence-corrected chi connectivity index (χ4v) is 4.73. The second-order valence-corrected chi connectivity index (χ2v) is 8.54. The number of rotatable bonds is 5. The minimum atomic E-state index is -0.891. The van der Waals surface area contributed by atoms with Gasteiger partial charge >= 0.3 is 0 Å². The molecular formula is C26H24N2O5. The van der Waals surface area contributed by atoms with Gasteiger partial charge in [-0.25, -0.2) is 0 Å². The van der Waals surface area contributed by atoms with E-state index >= 15 is 0 Å². The van der Waals surface area contributed by atoms with Crippen LogP contribution < -0.4 is 5.32 Å². The largest absolute Gasteiger partial charge is 0.508 e. The monoisotopic (exact) mass is 444 g/mol. The second-order valence-electron chi connectivity index (χ2n) is 8.54. The summed E-state index contributed by atoms with van der Waals surface area (Å²) in [6.45, 7) is 0.419. The van der Waals surface area contributed by atoms with E-state index in [1.807, 2.05) is 30.3 Å². The topological polar surface area (TPSA) is 95.9 Å². The number of carbonyl (C=O) groups is 3. The lowest BCUT2D eigenvalue weighted by Gasteiger charge is -2.27. The van der Waals surface area contributed by atoms with Crippen LogP contribution in [0.2, 0.25) is 0 Å². The van der Waals surface area contributed by atoms with Crippen LogP contribution in [-0.2, 0) is 20.7 Å². The molecule has 3 unspecified atom stereocenters. The van der Waals surface area contributed by atoms with Gasteiger partial charge in [0.15, 0.2) is 5.78 Å². The first-order valence-electron chi connectivity index (χ1n) is 11.0. The van der Waals surface area contributed by atoms with Gasteiger partial charge in [0.05, 0.1) is 6.10 Å². The Hall–Kier alpha value is -3.71. The first-order valence-corrected chi connectivity index (χ1v) is 11.0. The van der Waals surface area contributed by atoms with Crippen LogP contribution in [0.1, 0.15) is 22.3 Å². The number of amides is 2. The lowest BCUT2D eigenvalue weighted by atomic mass is 10.0. The number of likely N-dealkylation sites (tertiary alicyclic amines) is 1. The molecule has 0 radical (unpaired) electrons. The van der Waals surface area contributed by atoms with E-state index in [0.29, 0.717) is 24.1 Å². The van der Waals surface area contributed by atoms with Gasteiger partial charge in [0.25, 0.3) is 5.91 Å². The molecule has 2 N–H and O–H groups in total. The summed E-state index contributed by atoms with van der Waals surface area (Å²) in [5.74, 6) is -0.717. The van der Waals surface area contributed by atoms with Gasteiger partial charge in [0, 0.05) is 18.5 Å². The van der Waals surface area contributed by atoms with Crippen molar-refractivity contribution in [3.05, 3.63) is 77.9 Å². The van der Waals surface area contributed by atoms with Crippen LogP contribution in [0.25, 0.3) is 10.8 Å². The van der Waals surface area contributed by atoms with Crippen molar-refractivity contribution in [3.8, 4) is 5.75 Å². The minimum absolute atomic E-state index is 0.0137. The highest BCUT2D eigenvalue weighted by Gasteiger charge is 2.48. The molecule has 0 spiro atoms. The molecule has 2 amide bonds. The summed E-state index contributed by atoms with van der Waals surface area (Å²) < 4.78 is 5.51. The Morgan fingerprint density at radius 3 is 2.70 bits per heavy atom. The molecule has 0 aromatic heterocycles. The summed E-state index contributed by atoms with van der Waals surface area (Å²) in [5, 5.41) is 14.7. The third-order valence-corrected chi connectivity index (χ3v) is 6.36. The lowest BCUT2D eigenvalue weighted by molar-refractivity contribution is -0.138. The zero-order chi connectivity index (χ0) is 22.9. The fraction of sp³-hybridized carbons (Fsp3) is 0.269. The van der Waals surface area contributed by atoms with Gasteiger partial charge < -0.3 is 20.1 Å². The highest BCUT2D eigenvalue weighted by molar-refractivity contribution is 6.01. The van der Waals surface area contributed by atoms with Crippen LogP contribution in [0.5, 0.6) is 5.75 Å². The molecule has 3 aromatic carbocycles. The van der Waals surface area contributed by atoms with Crippen LogP contribution in [0.4, 0.5) is 0 Å². The number of benzene rings is 3. The van der Waals surface area contributed by atoms with Gasteiger partial charge in [0.2, 0.25) is 5.91 Å². The number of ether oxygens (including phenoxy) is 1. The Bertz CT molecular complexity index is 1240. The van der Waals surface area contributed by atoms with Crippen molar-refractivity contribution in [2.24, 2.45) is 0 Å². The molecule has 2 aliphatic heterocycles. The average molecular weight is 444 g/mol. The maximum Gasteiger partial charge on any atom is 0.251 e. The van der Waals surface area contributed by atoms with Gasteiger partial charge in [-0.15, -0.1) is 0 Å². The predicted octanol–water partition coefficient (Wildman–Crippen LogP) is 2.46. The van der Waals surface area contributed by atoms with Gasteiger partial charge in [0.1, 0.15) is 24.4 Å². The molecule has 3 atom stereocenters. The molecule has 0 saturated carbocycles. The van der Waals surface area contributed by atoms with Crippen LogP contribution in [0, 0.1) is 0 Å². The average Bonchev–Trinajstić information content (AvgIpc) is 3.41. The van der Waals surface area contributed by atoms with Crippen molar-refractivity contribution >= 4 is 28.4 Å². The van der Waals surface area contributed by atoms with Crippen molar-refractivity contribution in [1.29, 1.82) is 0 Å². The molecule has 5 rings (SSSR count). The fourth-order valence-electron chi connectivity index (χ4n) is 4.73. The summed E-state index contributed by atoms with van der Waals surface area (Å²) in [4.78, 5) is 40.5. The number of aromatic hydroxyl groups is 1. The van der Waals surface area contributed by atoms with E-state index in [2.05, 4.69) is 5.32 Å². The molecule has 7 nitrogen and oxygen atoms in total. The van der Waals surface area contributed by atoms with E-state index in [1.165, 1.54) is 4.90 Å². The molecular weight excluding hydrogens is 420 g/mol. The van der Waals surface area contributed by atoms with Gasteiger partial charge in [-0.2, -0.15) is 0 Å². The lowest BCUT2D eigenvalue weighted by Crippen LogP contribution is -2.53. The first-order chi connectivity index (χ1) is 16.0. The van der Waals surface area contributed by atoms with E-state index in [-0.39, 0.29) is 42.5 Å². The van der Waals surface area contributed by atoms with E-state index < -0.39 is 12.1 Å². The number of Topliss-reactive ketones (excluding diaryl/α,β-unsaturated/α-hetero) is 1. The number of hydrogen-bond acceptors (Lipinski definition) is 5. The third kappa shape index (κ3) is 4.19. The number of fused-ring (bicyclic) bond motifs is 2. The van der Waals surface area contributed by atoms with Crippen LogP contribution in [-0.4, -0.2) is 58.9 Å². The number of phenolic OH excluding ortho intramolecular Hbond substituents is 1. The van der Waals surface area contributed by atoms with Crippen molar-refractivity contribution < 1.29 is 24.2 Å². The van der Waals surface area contributed by atoms with Crippen LogP contribution in [0.15, 0.2) is 66.7 Å². The molecule has 7 heteroatoms. The molecule has 3 aromatic rings. The summed E-state index contributed by atoms with van der Waals surface area (Å²) in [7, 11) is 0. The number of nitrogens with one attached hydrogen (secondary N) is 1. The Balaban J connectivity index is 1.42. The van der Waals surface area contributed by atoms with Gasteiger partial charge in [-0.05, 0) is 47.0 Å². The third-order valence-electron chi connectivity index (χ3n) is 6.36. The molecule has 168 valence electrons. The van der Waals surface area contributed by atoms with E-state index in [0.717, 1.165) is 10.8 Å². The van der Waals surface area contributed by atoms with Gasteiger partial charge in [-0.1, -0.05) is 42.5 Å². The molecule has 0 bridgehead atoms. The standard InChI is InChI=1S/C26H24N2O5/c29-20-7-3-4-16(12-20)13-21(26(32)28-11-10-23-24(28)22(30)15-33-23)27-25(31)19-9-8-17-5-1-2-6-18(17)14-19/h1-9,12,14,21,23-24,29H,10-11,13,15H2,(H,27,31). The summed E-state index contributed by atoms with van der Waals surface area (Å²) >= 11 is 0. The molecule has 0 aliphatic carbocycles. The number of nitrogens with zero attached hydrogens (tertiary/aromatic N) is 1. The zero-order valence-corrected chi connectivity index (χ0v) is 17.9. The molecule has 2 aliphatic rings. The maximum absolute atomic E-state index is 13.5. The molecule has 2 heterocycles. The van der Waals surface area contributed by atoms with E-state index in [4.69, 9.17) is 4.74 Å². The van der Waals surface area contributed by atoms with Crippen LogP contribution >= 0.6 is 0 Å². The first kappa shape index (κ1) is 21.2. The highest BCUT2D eigenvalue weighted by Crippen LogP contribution is 2.28. The molecule has 33 heavy (non-hydrogen) atoms. The van der Waals surface area contributed by atoms with Crippen molar-refractivity contribution in [2.75, 3.05) is 13.2 Å². The van der Waals surface area contributed by atoms with Crippen LogP contribution in [0.3, 0.4) is 0 Å². The smallest absolute Gasteiger partial charge is 0.251 e. The molecule has 2 saturated heterocycles. The van der Waals surface area contributed by atoms with Gasteiger partial charge in [-0.3, -0.25) is 14.4 Å². The number of ketones is 1. The minimum Gasteiger partial charge on any atom is -0.508 e. The van der Waals surface area contributed by atoms with Crippen molar-refractivity contribution in [2.45, 2.75) is 31.0 Å². The Morgan fingerprint density at radius 1 is 1.06 bits per heavy atom.